The van der Waals surface area contributed by atoms with Crippen molar-refractivity contribution in [1.82, 2.24) is 20.0 Å². The highest BCUT2D eigenvalue weighted by Crippen LogP contribution is 2.23. The van der Waals surface area contributed by atoms with Crippen LogP contribution in [-0.4, -0.2) is 82.5 Å². The molecular formula is C20H32N4O3. The molecule has 7 heteroatoms. The first kappa shape index (κ1) is 18.9. The molecule has 0 saturated carbocycles. The van der Waals surface area contributed by atoms with Crippen LogP contribution in [-0.2, 0) is 28.8 Å². The number of nitrogens with one attached hydrogen (secondary N) is 1. The maximum Gasteiger partial charge on any atom is 0.223 e. The van der Waals surface area contributed by atoms with Gasteiger partial charge in [0.1, 0.15) is 5.60 Å². The van der Waals surface area contributed by atoms with Crippen LogP contribution in [0, 0.1) is 0 Å². The average Bonchev–Trinajstić information content (AvgIpc) is 3.27. The van der Waals surface area contributed by atoms with Crippen molar-refractivity contribution in [2.24, 2.45) is 0 Å². The number of amides is 1. The van der Waals surface area contributed by atoms with E-state index < -0.39 is 5.60 Å². The van der Waals surface area contributed by atoms with Gasteiger partial charge in [-0.25, -0.2) is 0 Å². The summed E-state index contributed by atoms with van der Waals surface area (Å²) in [5, 5.41) is 18.7. The molecule has 4 rings (SSSR count). The molecule has 27 heavy (non-hydrogen) atoms. The van der Waals surface area contributed by atoms with Crippen LogP contribution in [0.3, 0.4) is 0 Å². The summed E-state index contributed by atoms with van der Waals surface area (Å²) in [5.74, 6) is 0.0907. The van der Waals surface area contributed by atoms with Gasteiger partial charge in [0.2, 0.25) is 5.91 Å². The normalized spacial score (nSPS) is 26.8. The molecule has 2 saturated heterocycles. The number of H-pyrrole nitrogens is 1. The molecule has 1 amide bonds. The molecule has 0 spiro atoms. The minimum Gasteiger partial charge on any atom is -0.384 e. The van der Waals surface area contributed by atoms with Gasteiger partial charge in [-0.3, -0.25) is 9.89 Å². The Kier molecular flexibility index (Phi) is 5.80. The van der Waals surface area contributed by atoms with E-state index in [4.69, 9.17) is 4.74 Å². The smallest absolute Gasteiger partial charge is 0.223 e. The second-order valence-corrected chi connectivity index (χ2v) is 8.41. The number of hydrogen-bond donors (Lipinski definition) is 2. The summed E-state index contributed by atoms with van der Waals surface area (Å²) in [6.07, 6.45) is 8.06. The molecule has 3 aliphatic rings. The maximum absolute atomic E-state index is 12.8. The Hall–Kier alpha value is -1.44. The largest absolute Gasteiger partial charge is 0.384 e. The van der Waals surface area contributed by atoms with Gasteiger partial charge in [-0.05, 0) is 57.2 Å². The first-order valence-corrected chi connectivity index (χ1v) is 10.5. The molecule has 0 bridgehead atoms. The first-order valence-electron chi connectivity index (χ1n) is 10.5. The highest BCUT2D eigenvalue weighted by molar-refractivity contribution is 5.76. The summed E-state index contributed by atoms with van der Waals surface area (Å²) >= 11 is 0. The van der Waals surface area contributed by atoms with E-state index in [0.29, 0.717) is 45.7 Å². The number of aliphatic hydroxyl groups is 1. The van der Waals surface area contributed by atoms with Gasteiger partial charge >= 0.3 is 0 Å². The lowest BCUT2D eigenvalue weighted by Gasteiger charge is -2.34. The molecule has 7 nitrogen and oxygen atoms in total. The SMILES string of the molecule is O=C(CCc1n[nH]c2c1CCCC2)N1CCOCC(O)(CN2CCCC2)C1. The zero-order valence-corrected chi connectivity index (χ0v) is 16.2. The van der Waals surface area contributed by atoms with Gasteiger partial charge in [-0.2, -0.15) is 5.10 Å². The number of aryl methyl sites for hydroxylation is 2. The zero-order chi connectivity index (χ0) is 18.7. The summed E-state index contributed by atoms with van der Waals surface area (Å²) in [5.41, 5.74) is 2.67. The lowest BCUT2D eigenvalue weighted by atomic mass is 9.94. The van der Waals surface area contributed by atoms with E-state index in [0.717, 1.165) is 31.6 Å². The maximum atomic E-state index is 12.8. The highest BCUT2D eigenvalue weighted by Gasteiger charge is 2.36. The number of likely N-dealkylation sites (tertiary alicyclic amines) is 1. The monoisotopic (exact) mass is 376 g/mol. The summed E-state index contributed by atoms with van der Waals surface area (Å²) in [7, 11) is 0. The molecule has 2 aliphatic heterocycles. The Bertz CT molecular complexity index is 656. The lowest BCUT2D eigenvalue weighted by molar-refractivity contribution is -0.134. The third kappa shape index (κ3) is 4.52. The number of fused-ring (bicyclic) bond motifs is 1. The fourth-order valence-electron chi connectivity index (χ4n) is 4.72. The Balaban J connectivity index is 1.35. The molecule has 2 fully saturated rings. The van der Waals surface area contributed by atoms with Gasteiger partial charge in [0.05, 0.1) is 25.5 Å². The number of aromatic amines is 1. The minimum atomic E-state index is -0.970. The zero-order valence-electron chi connectivity index (χ0n) is 16.2. The summed E-state index contributed by atoms with van der Waals surface area (Å²) in [4.78, 5) is 16.9. The Morgan fingerprint density at radius 3 is 2.85 bits per heavy atom. The topological polar surface area (TPSA) is 81.7 Å². The van der Waals surface area contributed by atoms with Crippen LogP contribution in [0.4, 0.5) is 0 Å². The summed E-state index contributed by atoms with van der Waals surface area (Å²) < 4.78 is 5.64. The Morgan fingerprint density at radius 1 is 1.19 bits per heavy atom. The van der Waals surface area contributed by atoms with Gasteiger partial charge in [0.25, 0.3) is 0 Å². The molecule has 1 unspecified atom stereocenters. The number of rotatable bonds is 5. The van der Waals surface area contributed by atoms with Crippen molar-refractivity contribution < 1.29 is 14.6 Å². The average molecular weight is 377 g/mol. The van der Waals surface area contributed by atoms with Gasteiger partial charge in [0.15, 0.2) is 0 Å². The molecule has 3 heterocycles. The van der Waals surface area contributed by atoms with Crippen LogP contribution >= 0.6 is 0 Å². The van der Waals surface area contributed by atoms with Crippen molar-refractivity contribution in [1.29, 1.82) is 0 Å². The second-order valence-electron chi connectivity index (χ2n) is 8.41. The van der Waals surface area contributed by atoms with Gasteiger partial charge < -0.3 is 19.6 Å². The van der Waals surface area contributed by atoms with Crippen LogP contribution < -0.4 is 0 Å². The number of hydrogen-bond acceptors (Lipinski definition) is 5. The minimum absolute atomic E-state index is 0.0907. The third-order valence-electron chi connectivity index (χ3n) is 6.15. The first-order chi connectivity index (χ1) is 13.1. The molecular weight excluding hydrogens is 344 g/mol. The molecule has 0 aromatic carbocycles. The Labute approximate surface area is 161 Å². The quantitative estimate of drug-likeness (QED) is 0.798. The van der Waals surface area contributed by atoms with Crippen LogP contribution in [0.5, 0.6) is 0 Å². The van der Waals surface area contributed by atoms with E-state index >= 15 is 0 Å². The fourth-order valence-corrected chi connectivity index (χ4v) is 4.72. The second kappa shape index (κ2) is 8.29. The predicted molar refractivity (Wildman–Crippen MR) is 102 cm³/mol. The van der Waals surface area contributed by atoms with Crippen LogP contribution in [0.2, 0.25) is 0 Å². The summed E-state index contributed by atoms with van der Waals surface area (Å²) in [6, 6.07) is 0. The molecule has 2 N–H and O–H groups in total. The van der Waals surface area contributed by atoms with E-state index in [1.54, 1.807) is 4.90 Å². The standard InChI is InChI=1S/C20H32N4O3/c25-19(8-7-18-16-5-1-2-6-17(16)21-22-18)24-11-12-27-15-20(26,14-24)13-23-9-3-4-10-23/h26H,1-15H2,(H,21,22). The molecule has 1 aliphatic carbocycles. The van der Waals surface area contributed by atoms with Crippen molar-refractivity contribution in [3.63, 3.8) is 0 Å². The Morgan fingerprint density at radius 2 is 2.00 bits per heavy atom. The molecule has 150 valence electrons. The van der Waals surface area contributed by atoms with Crippen molar-refractivity contribution in [2.45, 2.75) is 57.0 Å². The summed E-state index contributed by atoms with van der Waals surface area (Å²) in [6.45, 7) is 4.36. The van der Waals surface area contributed by atoms with Crippen molar-refractivity contribution in [2.75, 3.05) is 45.9 Å². The highest BCUT2D eigenvalue weighted by atomic mass is 16.5. The van der Waals surface area contributed by atoms with Gasteiger partial charge in [0, 0.05) is 31.6 Å². The van der Waals surface area contributed by atoms with Crippen LogP contribution in [0.25, 0.3) is 0 Å². The van der Waals surface area contributed by atoms with Crippen molar-refractivity contribution >= 4 is 5.91 Å². The van der Waals surface area contributed by atoms with E-state index in [9.17, 15) is 9.90 Å². The van der Waals surface area contributed by atoms with Crippen molar-refractivity contribution in [3.05, 3.63) is 17.0 Å². The van der Waals surface area contributed by atoms with E-state index in [1.807, 2.05) is 0 Å². The van der Waals surface area contributed by atoms with Crippen LogP contribution in [0.1, 0.15) is 49.1 Å². The molecule has 1 aromatic rings. The number of β-amino-alcohol motifs (C(OH)–C–C–N with tert-alkyl or cyclic N) is 1. The molecule has 0 radical (unpaired) electrons. The fraction of sp³-hybridized carbons (Fsp3) is 0.800. The molecule has 1 atom stereocenters. The number of ether oxygens (including phenoxy) is 1. The van der Waals surface area contributed by atoms with E-state index in [-0.39, 0.29) is 5.91 Å². The van der Waals surface area contributed by atoms with E-state index in [2.05, 4.69) is 15.1 Å². The van der Waals surface area contributed by atoms with Gasteiger partial charge in [-0.15, -0.1) is 0 Å². The number of nitrogens with zero attached hydrogens (tertiary/aromatic N) is 3. The van der Waals surface area contributed by atoms with Crippen LogP contribution in [0.15, 0.2) is 0 Å². The number of carbonyl (C=O) groups is 1. The third-order valence-corrected chi connectivity index (χ3v) is 6.15. The van der Waals surface area contributed by atoms with Gasteiger partial charge in [-0.1, -0.05) is 0 Å². The number of carbonyl (C=O) groups excluding carboxylic acids is 1. The molecule has 1 aromatic heterocycles. The van der Waals surface area contributed by atoms with Crippen molar-refractivity contribution in [3.8, 4) is 0 Å². The lowest BCUT2D eigenvalue weighted by Crippen LogP contribution is -2.53. The van der Waals surface area contributed by atoms with E-state index in [1.165, 1.54) is 36.9 Å². The predicted octanol–water partition coefficient (Wildman–Crippen LogP) is 0.907. The number of aromatic nitrogens is 2.